The minimum atomic E-state index is -1.21. The lowest BCUT2D eigenvalue weighted by atomic mass is 9.85. The van der Waals surface area contributed by atoms with Crippen LogP contribution in [0.3, 0.4) is 0 Å². The van der Waals surface area contributed by atoms with E-state index in [1.807, 2.05) is 12.1 Å². The SMILES string of the molecule is CC(C)(C)CC1CC(c2cccc(Cl)c2N(CCC(O)C(C)(C)O)ONN)CN1. The molecule has 1 fully saturated rings. The molecule has 3 unspecified atom stereocenters. The highest BCUT2D eigenvalue weighted by molar-refractivity contribution is 6.33. The summed E-state index contributed by atoms with van der Waals surface area (Å²) in [5.74, 6) is 5.71. The summed E-state index contributed by atoms with van der Waals surface area (Å²) in [5.41, 5.74) is 3.09. The van der Waals surface area contributed by atoms with Crippen molar-refractivity contribution in [3.8, 4) is 0 Å². The molecule has 0 saturated carbocycles. The topological polar surface area (TPSA) is 103 Å². The predicted octanol–water partition coefficient (Wildman–Crippen LogP) is 2.86. The number of hydrogen-bond donors (Lipinski definition) is 5. The monoisotopic (exact) mass is 428 g/mol. The normalized spacial score (nSPS) is 21.4. The molecule has 0 bridgehead atoms. The molecule has 1 saturated heterocycles. The molecule has 1 aliphatic rings. The number of rotatable bonds is 9. The molecule has 3 atom stereocenters. The smallest absolute Gasteiger partial charge is 0.0877 e. The lowest BCUT2D eigenvalue weighted by Crippen LogP contribution is -2.42. The molecule has 0 amide bonds. The van der Waals surface area contributed by atoms with Crippen LogP contribution in [0.1, 0.15) is 65.4 Å². The maximum Gasteiger partial charge on any atom is 0.0877 e. The Morgan fingerprint density at radius 1 is 1.34 bits per heavy atom. The van der Waals surface area contributed by atoms with E-state index in [1.54, 1.807) is 18.9 Å². The molecule has 1 aromatic rings. The van der Waals surface area contributed by atoms with Crippen molar-refractivity contribution in [3.05, 3.63) is 28.8 Å². The first-order valence-electron chi connectivity index (χ1n) is 10.2. The van der Waals surface area contributed by atoms with Gasteiger partial charge in [-0.1, -0.05) is 44.5 Å². The Bertz CT molecular complexity index is 660. The van der Waals surface area contributed by atoms with E-state index in [1.165, 1.54) is 0 Å². The van der Waals surface area contributed by atoms with Crippen molar-refractivity contribution in [1.29, 1.82) is 0 Å². The van der Waals surface area contributed by atoms with E-state index in [0.717, 1.165) is 30.6 Å². The molecule has 1 heterocycles. The third-order valence-corrected chi connectivity index (χ3v) is 5.68. The van der Waals surface area contributed by atoms with Gasteiger partial charge < -0.3 is 15.5 Å². The van der Waals surface area contributed by atoms with Gasteiger partial charge in [0.05, 0.1) is 29.0 Å². The maximum absolute atomic E-state index is 10.2. The molecular formula is C21H37ClN4O3. The van der Waals surface area contributed by atoms with Gasteiger partial charge in [0.2, 0.25) is 0 Å². The van der Waals surface area contributed by atoms with E-state index >= 15 is 0 Å². The number of aliphatic hydroxyl groups is 2. The van der Waals surface area contributed by atoms with E-state index in [0.29, 0.717) is 23.5 Å². The van der Waals surface area contributed by atoms with Crippen molar-refractivity contribution in [3.63, 3.8) is 0 Å². The van der Waals surface area contributed by atoms with Crippen LogP contribution in [0.15, 0.2) is 18.2 Å². The molecule has 29 heavy (non-hydrogen) atoms. The van der Waals surface area contributed by atoms with Crippen LogP contribution in [-0.4, -0.2) is 41.0 Å². The summed E-state index contributed by atoms with van der Waals surface area (Å²) in [6.07, 6.45) is 1.48. The van der Waals surface area contributed by atoms with Gasteiger partial charge >= 0.3 is 0 Å². The van der Waals surface area contributed by atoms with Crippen LogP contribution < -0.4 is 21.8 Å². The van der Waals surface area contributed by atoms with Gasteiger partial charge in [-0.3, -0.25) is 0 Å². The van der Waals surface area contributed by atoms with Crippen molar-refractivity contribution < 1.29 is 15.2 Å². The summed E-state index contributed by atoms with van der Waals surface area (Å²) in [7, 11) is 0. The average molecular weight is 429 g/mol. The maximum atomic E-state index is 10.2. The second kappa shape index (κ2) is 9.92. The summed E-state index contributed by atoms with van der Waals surface area (Å²) in [4.78, 5) is 5.44. The lowest BCUT2D eigenvalue weighted by molar-refractivity contribution is -0.0564. The number of hydroxylamine groups is 1. The van der Waals surface area contributed by atoms with E-state index in [4.69, 9.17) is 22.4 Å². The van der Waals surface area contributed by atoms with Crippen LogP contribution in [-0.2, 0) is 4.94 Å². The van der Waals surface area contributed by atoms with Crippen molar-refractivity contribution in [2.45, 2.75) is 77.5 Å². The first-order valence-corrected chi connectivity index (χ1v) is 10.6. The molecule has 6 N–H and O–H groups in total. The highest BCUT2D eigenvalue weighted by Gasteiger charge is 2.32. The summed E-state index contributed by atoms with van der Waals surface area (Å²) in [6, 6.07) is 6.27. The minimum absolute atomic E-state index is 0.259. The molecule has 0 aliphatic carbocycles. The van der Waals surface area contributed by atoms with Crippen molar-refractivity contribution >= 4 is 17.3 Å². The van der Waals surface area contributed by atoms with E-state index < -0.39 is 11.7 Å². The van der Waals surface area contributed by atoms with Gasteiger partial charge in [0.1, 0.15) is 0 Å². The quantitative estimate of drug-likeness (QED) is 0.304. The first-order chi connectivity index (χ1) is 13.4. The third-order valence-electron chi connectivity index (χ3n) is 5.37. The predicted molar refractivity (Wildman–Crippen MR) is 117 cm³/mol. The summed E-state index contributed by atoms with van der Waals surface area (Å²) in [6.45, 7) is 11.1. The molecular weight excluding hydrogens is 392 g/mol. The van der Waals surface area contributed by atoms with Crippen LogP contribution in [0.5, 0.6) is 0 Å². The number of hydrogen-bond acceptors (Lipinski definition) is 7. The molecule has 1 aliphatic heterocycles. The van der Waals surface area contributed by atoms with Gasteiger partial charge in [0.25, 0.3) is 0 Å². The Morgan fingerprint density at radius 3 is 2.62 bits per heavy atom. The van der Waals surface area contributed by atoms with Crippen molar-refractivity contribution in [2.24, 2.45) is 11.3 Å². The number of aliphatic hydroxyl groups excluding tert-OH is 1. The Balaban J connectivity index is 2.22. The number of benzene rings is 1. The molecule has 7 nitrogen and oxygen atoms in total. The molecule has 8 heteroatoms. The van der Waals surface area contributed by atoms with E-state index in [-0.39, 0.29) is 11.8 Å². The Labute approximate surface area is 179 Å². The fraction of sp³-hybridized carbons (Fsp3) is 0.714. The van der Waals surface area contributed by atoms with Crippen molar-refractivity contribution in [2.75, 3.05) is 18.2 Å². The number of hydrazine groups is 1. The number of anilines is 1. The zero-order valence-electron chi connectivity index (χ0n) is 18.2. The highest BCUT2D eigenvalue weighted by atomic mass is 35.5. The first kappa shape index (κ1) is 24.3. The molecule has 1 aromatic carbocycles. The van der Waals surface area contributed by atoms with Crippen LogP contribution in [0.4, 0.5) is 5.69 Å². The van der Waals surface area contributed by atoms with Gasteiger partial charge in [-0.05, 0) is 50.2 Å². The van der Waals surface area contributed by atoms with E-state index in [9.17, 15) is 10.2 Å². The van der Waals surface area contributed by atoms with Gasteiger partial charge in [0.15, 0.2) is 0 Å². The lowest BCUT2D eigenvalue weighted by Gasteiger charge is -2.30. The molecule has 166 valence electrons. The molecule has 0 radical (unpaired) electrons. The minimum Gasteiger partial charge on any atom is -0.390 e. The molecule has 0 spiro atoms. The number of nitrogens with zero attached hydrogens (tertiary/aromatic N) is 1. The van der Waals surface area contributed by atoms with Crippen molar-refractivity contribution in [1.82, 2.24) is 10.9 Å². The van der Waals surface area contributed by atoms with Crippen LogP contribution in [0.25, 0.3) is 0 Å². The fourth-order valence-corrected chi connectivity index (χ4v) is 4.21. The molecule has 2 rings (SSSR count). The fourth-order valence-electron chi connectivity index (χ4n) is 3.93. The second-order valence-electron chi connectivity index (χ2n) is 9.75. The number of para-hydroxylation sites is 1. The number of nitrogens with one attached hydrogen (secondary N) is 2. The zero-order chi connectivity index (χ0) is 21.8. The number of halogens is 1. The van der Waals surface area contributed by atoms with Crippen LogP contribution >= 0.6 is 11.6 Å². The van der Waals surface area contributed by atoms with Gasteiger partial charge in [-0.15, -0.1) is 5.59 Å². The van der Waals surface area contributed by atoms with E-state index in [2.05, 4.69) is 37.7 Å². The molecule has 0 aromatic heterocycles. The van der Waals surface area contributed by atoms with Crippen LogP contribution in [0, 0.1) is 5.41 Å². The average Bonchev–Trinajstić information content (AvgIpc) is 3.04. The summed E-state index contributed by atoms with van der Waals surface area (Å²) >= 11 is 6.56. The summed E-state index contributed by atoms with van der Waals surface area (Å²) in [5, 5.41) is 26.0. The van der Waals surface area contributed by atoms with Gasteiger partial charge in [-0.25, -0.2) is 10.9 Å². The number of nitrogens with two attached hydrogens (primary N) is 1. The van der Waals surface area contributed by atoms with Crippen LogP contribution in [0.2, 0.25) is 5.02 Å². The standard InChI is InChI=1S/C21H37ClN4O3/c1-20(2,3)12-15-11-14(13-24-15)16-7-6-8-17(22)19(16)26(29-25-23)10-9-18(27)21(4,5)28/h6-8,14-15,18,24-25,27-28H,9-13,23H2,1-5H3. The van der Waals surface area contributed by atoms with Gasteiger partial charge in [0, 0.05) is 18.5 Å². The Morgan fingerprint density at radius 2 is 2.03 bits per heavy atom. The zero-order valence-corrected chi connectivity index (χ0v) is 19.0. The second-order valence-corrected chi connectivity index (χ2v) is 10.2. The van der Waals surface area contributed by atoms with Gasteiger partial charge in [-0.2, -0.15) is 4.94 Å². The largest absolute Gasteiger partial charge is 0.390 e. The summed E-state index contributed by atoms with van der Waals surface area (Å²) < 4.78 is 0. The third kappa shape index (κ3) is 7.07. The highest BCUT2D eigenvalue weighted by Crippen LogP contribution is 2.39. The Hall–Kier alpha value is -0.930. The Kier molecular flexibility index (Phi) is 8.32.